The third-order valence-corrected chi connectivity index (χ3v) is 3.65. The van der Waals surface area contributed by atoms with Crippen LogP contribution in [0.1, 0.15) is 33.3 Å². The van der Waals surface area contributed by atoms with Crippen molar-refractivity contribution in [3.05, 3.63) is 29.8 Å². The molecule has 5 heteroatoms. The molecule has 0 saturated carbocycles. The standard InChI is InChI=1S/C18H29N3O2/c1-13(2)21(14(3)4)18(23)12-20(6)11-17(22)19-16-9-7-15(5)8-10-16/h7-10,13-14H,11-12H2,1-6H3,(H,19,22)/p+1. The van der Waals surface area contributed by atoms with Crippen LogP contribution in [0.2, 0.25) is 0 Å². The number of quaternary nitrogens is 1. The van der Waals surface area contributed by atoms with E-state index in [-0.39, 0.29) is 30.4 Å². The van der Waals surface area contributed by atoms with E-state index in [9.17, 15) is 9.59 Å². The quantitative estimate of drug-likeness (QED) is 0.790. The first-order valence-corrected chi connectivity index (χ1v) is 8.19. The second-order valence-electron chi connectivity index (χ2n) is 6.71. The van der Waals surface area contributed by atoms with Gasteiger partial charge in [0.05, 0.1) is 7.05 Å². The Morgan fingerprint density at radius 2 is 1.57 bits per heavy atom. The van der Waals surface area contributed by atoms with E-state index < -0.39 is 0 Å². The van der Waals surface area contributed by atoms with E-state index in [1.54, 1.807) is 0 Å². The summed E-state index contributed by atoms with van der Waals surface area (Å²) in [7, 11) is 1.87. The zero-order valence-corrected chi connectivity index (χ0v) is 15.1. The molecule has 1 aromatic rings. The van der Waals surface area contributed by atoms with E-state index in [4.69, 9.17) is 0 Å². The highest BCUT2D eigenvalue weighted by atomic mass is 16.2. The lowest BCUT2D eigenvalue weighted by Gasteiger charge is -2.31. The van der Waals surface area contributed by atoms with Crippen LogP contribution in [0.5, 0.6) is 0 Å². The Hall–Kier alpha value is -1.88. The molecule has 1 aromatic carbocycles. The van der Waals surface area contributed by atoms with E-state index in [0.717, 1.165) is 16.2 Å². The summed E-state index contributed by atoms with van der Waals surface area (Å²) in [6, 6.07) is 8.01. The molecule has 0 saturated heterocycles. The van der Waals surface area contributed by atoms with Crippen LogP contribution in [0.25, 0.3) is 0 Å². The topological polar surface area (TPSA) is 53.9 Å². The summed E-state index contributed by atoms with van der Waals surface area (Å²) < 4.78 is 0. The van der Waals surface area contributed by atoms with Crippen LogP contribution in [0.15, 0.2) is 24.3 Å². The number of rotatable bonds is 7. The molecule has 0 heterocycles. The largest absolute Gasteiger partial charge is 0.333 e. The van der Waals surface area contributed by atoms with Gasteiger partial charge in [0.25, 0.3) is 11.8 Å². The number of nitrogens with zero attached hydrogens (tertiary/aromatic N) is 1. The Kier molecular flexibility index (Phi) is 7.23. The van der Waals surface area contributed by atoms with Gasteiger partial charge in [-0.15, -0.1) is 0 Å². The van der Waals surface area contributed by atoms with Crippen LogP contribution >= 0.6 is 0 Å². The van der Waals surface area contributed by atoms with Gasteiger partial charge >= 0.3 is 0 Å². The Bertz CT molecular complexity index is 516. The van der Waals surface area contributed by atoms with E-state index in [2.05, 4.69) is 5.32 Å². The van der Waals surface area contributed by atoms with Crippen molar-refractivity contribution >= 4 is 17.5 Å². The molecule has 0 aliphatic rings. The SMILES string of the molecule is Cc1ccc(NC(=O)C[NH+](C)CC(=O)N(C(C)C)C(C)C)cc1. The van der Waals surface area contributed by atoms with Crippen molar-refractivity contribution in [1.29, 1.82) is 0 Å². The lowest BCUT2D eigenvalue weighted by atomic mass is 10.2. The second-order valence-corrected chi connectivity index (χ2v) is 6.71. The highest BCUT2D eigenvalue weighted by molar-refractivity contribution is 5.91. The first-order valence-electron chi connectivity index (χ1n) is 8.19. The number of carbonyl (C=O) groups excluding carboxylic acids is 2. The smallest absolute Gasteiger partial charge is 0.279 e. The Morgan fingerprint density at radius 3 is 2.04 bits per heavy atom. The minimum atomic E-state index is -0.0835. The van der Waals surface area contributed by atoms with Crippen molar-refractivity contribution in [2.75, 3.05) is 25.5 Å². The maximum Gasteiger partial charge on any atom is 0.279 e. The van der Waals surface area contributed by atoms with Gasteiger partial charge in [-0.2, -0.15) is 0 Å². The van der Waals surface area contributed by atoms with Gasteiger partial charge in [0.15, 0.2) is 13.1 Å². The maximum absolute atomic E-state index is 12.4. The summed E-state index contributed by atoms with van der Waals surface area (Å²) in [6.45, 7) is 10.6. The molecule has 128 valence electrons. The molecular weight excluding hydrogens is 290 g/mol. The number of likely N-dealkylation sites (N-methyl/N-ethyl adjacent to an activating group) is 1. The third kappa shape index (κ3) is 6.40. The summed E-state index contributed by atoms with van der Waals surface area (Å²) in [6.07, 6.45) is 0. The van der Waals surface area contributed by atoms with Crippen molar-refractivity contribution < 1.29 is 14.5 Å². The summed E-state index contributed by atoms with van der Waals surface area (Å²) >= 11 is 0. The van der Waals surface area contributed by atoms with Gasteiger partial charge in [-0.3, -0.25) is 9.59 Å². The molecule has 0 aliphatic heterocycles. The van der Waals surface area contributed by atoms with Gasteiger partial charge in [-0.05, 0) is 46.8 Å². The minimum absolute atomic E-state index is 0.0793. The molecule has 5 nitrogen and oxygen atoms in total. The van der Waals surface area contributed by atoms with Gasteiger partial charge < -0.3 is 15.1 Å². The first-order chi connectivity index (χ1) is 10.7. The van der Waals surface area contributed by atoms with E-state index in [0.29, 0.717) is 6.54 Å². The van der Waals surface area contributed by atoms with Gasteiger partial charge in [0.1, 0.15) is 0 Å². The molecule has 0 radical (unpaired) electrons. The minimum Gasteiger partial charge on any atom is -0.333 e. The first kappa shape index (κ1) is 19.2. The average Bonchev–Trinajstić information content (AvgIpc) is 2.39. The number of anilines is 1. The summed E-state index contributed by atoms with van der Waals surface area (Å²) in [5, 5.41) is 2.86. The van der Waals surface area contributed by atoms with Crippen molar-refractivity contribution in [3.8, 4) is 0 Å². The van der Waals surface area contributed by atoms with Crippen LogP contribution < -0.4 is 10.2 Å². The zero-order chi connectivity index (χ0) is 17.6. The van der Waals surface area contributed by atoms with Crippen molar-refractivity contribution in [1.82, 2.24) is 4.90 Å². The number of carbonyl (C=O) groups is 2. The van der Waals surface area contributed by atoms with Gasteiger partial charge in [0, 0.05) is 17.8 Å². The summed E-state index contributed by atoms with van der Waals surface area (Å²) in [5.41, 5.74) is 1.93. The van der Waals surface area contributed by atoms with Gasteiger partial charge in [-0.25, -0.2) is 0 Å². The highest BCUT2D eigenvalue weighted by Gasteiger charge is 2.23. The molecule has 1 rings (SSSR count). The van der Waals surface area contributed by atoms with Crippen LogP contribution in [0, 0.1) is 6.92 Å². The predicted octanol–water partition coefficient (Wildman–Crippen LogP) is 1.09. The molecule has 1 unspecified atom stereocenters. The Balaban J connectivity index is 2.51. The molecule has 0 spiro atoms. The van der Waals surface area contributed by atoms with E-state index in [1.807, 2.05) is 70.8 Å². The van der Waals surface area contributed by atoms with Gasteiger partial charge in [0.2, 0.25) is 0 Å². The fourth-order valence-corrected chi connectivity index (χ4v) is 2.70. The normalized spacial score (nSPS) is 12.3. The highest BCUT2D eigenvalue weighted by Crippen LogP contribution is 2.08. The number of nitrogens with one attached hydrogen (secondary N) is 2. The third-order valence-electron chi connectivity index (χ3n) is 3.65. The molecule has 2 amide bonds. The fourth-order valence-electron chi connectivity index (χ4n) is 2.70. The molecule has 23 heavy (non-hydrogen) atoms. The van der Waals surface area contributed by atoms with Crippen molar-refractivity contribution in [3.63, 3.8) is 0 Å². The number of hydrogen-bond donors (Lipinski definition) is 2. The maximum atomic E-state index is 12.4. The molecule has 0 aliphatic carbocycles. The molecule has 0 bridgehead atoms. The van der Waals surface area contributed by atoms with Crippen molar-refractivity contribution in [2.24, 2.45) is 0 Å². The molecule has 0 aromatic heterocycles. The summed E-state index contributed by atoms with van der Waals surface area (Å²) in [5.74, 6) is -0.00423. The number of amides is 2. The number of aryl methyl sites for hydroxylation is 1. The van der Waals surface area contributed by atoms with Crippen LogP contribution in [0.3, 0.4) is 0 Å². The van der Waals surface area contributed by atoms with Gasteiger partial charge in [-0.1, -0.05) is 17.7 Å². The lowest BCUT2D eigenvalue weighted by Crippen LogP contribution is -3.11. The molecule has 1 atom stereocenters. The molecule has 2 N–H and O–H groups in total. The number of benzene rings is 1. The Labute approximate surface area is 139 Å². The van der Waals surface area contributed by atoms with Crippen molar-refractivity contribution in [2.45, 2.75) is 46.7 Å². The second kappa shape index (κ2) is 8.67. The van der Waals surface area contributed by atoms with Crippen LogP contribution in [-0.2, 0) is 9.59 Å². The fraction of sp³-hybridized carbons (Fsp3) is 0.556. The van der Waals surface area contributed by atoms with E-state index >= 15 is 0 Å². The molecular formula is C18H30N3O2+. The predicted molar refractivity (Wildman–Crippen MR) is 93.5 cm³/mol. The molecule has 0 fully saturated rings. The van der Waals surface area contributed by atoms with Crippen LogP contribution in [0.4, 0.5) is 5.69 Å². The lowest BCUT2D eigenvalue weighted by molar-refractivity contribution is -0.862. The number of hydrogen-bond acceptors (Lipinski definition) is 2. The average molecular weight is 320 g/mol. The van der Waals surface area contributed by atoms with E-state index in [1.165, 1.54) is 0 Å². The zero-order valence-electron chi connectivity index (χ0n) is 15.1. The summed E-state index contributed by atoms with van der Waals surface area (Å²) in [4.78, 5) is 27.2. The Morgan fingerprint density at radius 1 is 1.04 bits per heavy atom. The van der Waals surface area contributed by atoms with Crippen LogP contribution in [-0.4, -0.2) is 48.9 Å². The monoisotopic (exact) mass is 320 g/mol.